The lowest BCUT2D eigenvalue weighted by Crippen LogP contribution is -2.31. The van der Waals surface area contributed by atoms with E-state index in [1.165, 1.54) is 4.90 Å². The first-order valence-corrected chi connectivity index (χ1v) is 8.78. The van der Waals surface area contributed by atoms with Gasteiger partial charge in [0, 0.05) is 33.4 Å². The number of para-hydroxylation sites is 1. The molecular formula is C20H23ClN2O4. The summed E-state index contributed by atoms with van der Waals surface area (Å²) in [6, 6.07) is 14.7. The molecule has 2 aromatic carbocycles. The second-order valence-electron chi connectivity index (χ2n) is 6.19. The molecule has 0 aliphatic carbocycles. The third-order valence-corrected chi connectivity index (χ3v) is 4.15. The number of ether oxygens (including phenoxy) is 2. The van der Waals surface area contributed by atoms with E-state index < -0.39 is 5.97 Å². The normalized spacial score (nSPS) is 10.2. The molecule has 0 aromatic heterocycles. The number of hydrogen-bond acceptors (Lipinski definition) is 5. The lowest BCUT2D eigenvalue weighted by atomic mass is 10.2. The van der Waals surface area contributed by atoms with E-state index in [1.807, 2.05) is 43.3 Å². The van der Waals surface area contributed by atoms with Crippen LogP contribution in [0.25, 0.3) is 0 Å². The Morgan fingerprint density at radius 3 is 2.26 bits per heavy atom. The van der Waals surface area contributed by atoms with E-state index in [0.29, 0.717) is 17.3 Å². The molecule has 0 aliphatic rings. The molecule has 2 aromatic rings. The summed E-state index contributed by atoms with van der Waals surface area (Å²) in [5.41, 5.74) is 2.07. The lowest BCUT2D eigenvalue weighted by Gasteiger charge is -2.18. The first-order chi connectivity index (χ1) is 12.9. The van der Waals surface area contributed by atoms with E-state index in [0.717, 1.165) is 11.3 Å². The number of nitrogens with zero attached hydrogens (tertiary/aromatic N) is 2. The number of carbonyl (C=O) groups is 2. The summed E-state index contributed by atoms with van der Waals surface area (Å²) in [5, 5.41) is 0.404. The fourth-order valence-electron chi connectivity index (χ4n) is 2.25. The van der Waals surface area contributed by atoms with Gasteiger partial charge < -0.3 is 19.3 Å². The van der Waals surface area contributed by atoms with E-state index in [2.05, 4.69) is 0 Å². The van der Waals surface area contributed by atoms with Crippen LogP contribution in [0.5, 0.6) is 5.75 Å². The maximum atomic E-state index is 12.1. The number of carbonyl (C=O) groups excluding carboxylic acids is 2. The molecule has 0 spiro atoms. The molecule has 6 nitrogen and oxygen atoms in total. The molecule has 0 fully saturated rings. The maximum absolute atomic E-state index is 12.1. The molecule has 0 atom stereocenters. The van der Waals surface area contributed by atoms with Gasteiger partial charge in [0.1, 0.15) is 5.75 Å². The molecule has 1 amide bonds. The van der Waals surface area contributed by atoms with Crippen LogP contribution in [0.1, 0.15) is 5.56 Å². The van der Waals surface area contributed by atoms with Crippen LogP contribution in [0, 0.1) is 0 Å². The summed E-state index contributed by atoms with van der Waals surface area (Å²) in [6.45, 7) is -0.218. The van der Waals surface area contributed by atoms with Crippen molar-refractivity contribution in [2.45, 2.75) is 6.54 Å². The first kappa shape index (κ1) is 20.6. The third kappa shape index (κ3) is 6.49. The Morgan fingerprint density at radius 1 is 0.963 bits per heavy atom. The van der Waals surface area contributed by atoms with Crippen molar-refractivity contribution in [2.24, 2.45) is 0 Å². The summed E-state index contributed by atoms with van der Waals surface area (Å²) in [7, 11) is 5.60. The Balaban J connectivity index is 1.75. The number of anilines is 1. The average Bonchev–Trinajstić information content (AvgIpc) is 2.65. The van der Waals surface area contributed by atoms with Gasteiger partial charge in [0.05, 0.1) is 5.02 Å². The van der Waals surface area contributed by atoms with Crippen molar-refractivity contribution in [2.75, 3.05) is 39.3 Å². The smallest absolute Gasteiger partial charge is 0.344 e. The van der Waals surface area contributed by atoms with Gasteiger partial charge in [0.25, 0.3) is 5.91 Å². The SMILES string of the molecule is CN(Cc1ccc(N(C)C)cc1)C(=O)COC(=O)COc1ccccc1Cl. The van der Waals surface area contributed by atoms with E-state index in [4.69, 9.17) is 21.1 Å². The zero-order valence-corrected chi connectivity index (χ0v) is 16.4. The highest BCUT2D eigenvalue weighted by Gasteiger charge is 2.13. The molecule has 0 saturated carbocycles. The molecule has 0 saturated heterocycles. The van der Waals surface area contributed by atoms with Crippen molar-refractivity contribution >= 4 is 29.2 Å². The van der Waals surface area contributed by atoms with Crippen LogP contribution in [0.4, 0.5) is 5.69 Å². The van der Waals surface area contributed by atoms with Crippen molar-refractivity contribution in [3.05, 3.63) is 59.1 Å². The maximum Gasteiger partial charge on any atom is 0.344 e. The molecule has 0 aliphatic heterocycles. The molecule has 0 bridgehead atoms. The number of benzene rings is 2. The van der Waals surface area contributed by atoms with E-state index in [1.54, 1.807) is 31.3 Å². The van der Waals surface area contributed by atoms with Crippen LogP contribution in [0.3, 0.4) is 0 Å². The zero-order valence-electron chi connectivity index (χ0n) is 15.6. The van der Waals surface area contributed by atoms with E-state index >= 15 is 0 Å². The number of halogens is 1. The van der Waals surface area contributed by atoms with Crippen molar-refractivity contribution in [1.82, 2.24) is 4.90 Å². The Hall–Kier alpha value is -2.73. The number of rotatable bonds is 8. The minimum atomic E-state index is -0.632. The minimum absolute atomic E-state index is 0.294. The van der Waals surface area contributed by atoms with Gasteiger partial charge in [-0.1, -0.05) is 35.9 Å². The monoisotopic (exact) mass is 390 g/mol. The van der Waals surface area contributed by atoms with E-state index in [9.17, 15) is 9.59 Å². The molecule has 0 heterocycles. The van der Waals surface area contributed by atoms with Crippen LogP contribution in [-0.2, 0) is 20.9 Å². The largest absolute Gasteiger partial charge is 0.480 e. The van der Waals surface area contributed by atoms with Gasteiger partial charge in [-0.3, -0.25) is 4.79 Å². The predicted molar refractivity (Wildman–Crippen MR) is 105 cm³/mol. The molecule has 7 heteroatoms. The van der Waals surface area contributed by atoms with Gasteiger partial charge in [-0.05, 0) is 29.8 Å². The van der Waals surface area contributed by atoms with Gasteiger partial charge in [-0.15, -0.1) is 0 Å². The van der Waals surface area contributed by atoms with Gasteiger partial charge >= 0.3 is 5.97 Å². The minimum Gasteiger partial charge on any atom is -0.480 e. The Morgan fingerprint density at radius 2 is 1.63 bits per heavy atom. The van der Waals surface area contributed by atoms with Crippen LogP contribution in [0.2, 0.25) is 5.02 Å². The molecule has 0 radical (unpaired) electrons. The predicted octanol–water partition coefficient (Wildman–Crippen LogP) is 2.99. The van der Waals surface area contributed by atoms with Crippen LogP contribution < -0.4 is 9.64 Å². The number of likely N-dealkylation sites (N-methyl/N-ethyl adjacent to an activating group) is 1. The summed E-state index contributed by atoms with van der Waals surface area (Å²) < 4.78 is 10.3. The summed E-state index contributed by atoms with van der Waals surface area (Å²) in [6.07, 6.45) is 0. The quantitative estimate of drug-likeness (QED) is 0.648. The fraction of sp³-hybridized carbons (Fsp3) is 0.300. The first-order valence-electron chi connectivity index (χ1n) is 8.40. The molecule has 0 N–H and O–H groups in total. The Kier molecular flexibility index (Phi) is 7.49. The second-order valence-corrected chi connectivity index (χ2v) is 6.60. The summed E-state index contributed by atoms with van der Waals surface area (Å²) in [4.78, 5) is 27.4. The summed E-state index contributed by atoms with van der Waals surface area (Å²) >= 11 is 5.94. The molecule has 144 valence electrons. The Bertz CT molecular complexity index is 778. The average molecular weight is 391 g/mol. The molecule has 27 heavy (non-hydrogen) atoms. The number of hydrogen-bond donors (Lipinski definition) is 0. The molecule has 2 rings (SSSR count). The highest BCUT2D eigenvalue weighted by molar-refractivity contribution is 6.32. The van der Waals surface area contributed by atoms with Gasteiger partial charge in [0.15, 0.2) is 13.2 Å². The Labute approximate surface area is 164 Å². The van der Waals surface area contributed by atoms with Crippen LogP contribution in [0.15, 0.2) is 48.5 Å². The van der Waals surface area contributed by atoms with Crippen molar-refractivity contribution in [3.8, 4) is 5.75 Å². The highest BCUT2D eigenvalue weighted by atomic mass is 35.5. The van der Waals surface area contributed by atoms with Gasteiger partial charge in [-0.2, -0.15) is 0 Å². The van der Waals surface area contributed by atoms with Crippen molar-refractivity contribution in [3.63, 3.8) is 0 Å². The summed E-state index contributed by atoms with van der Waals surface area (Å²) in [5.74, 6) is -0.537. The second kappa shape index (κ2) is 9.83. The third-order valence-electron chi connectivity index (χ3n) is 3.84. The van der Waals surface area contributed by atoms with Crippen molar-refractivity contribution < 1.29 is 19.1 Å². The van der Waals surface area contributed by atoms with Gasteiger partial charge in [0.2, 0.25) is 0 Å². The van der Waals surface area contributed by atoms with E-state index in [-0.39, 0.29) is 19.1 Å². The number of esters is 1. The number of amides is 1. The fourth-order valence-corrected chi connectivity index (χ4v) is 2.44. The van der Waals surface area contributed by atoms with Gasteiger partial charge in [-0.25, -0.2) is 4.79 Å². The zero-order chi connectivity index (χ0) is 19.8. The lowest BCUT2D eigenvalue weighted by molar-refractivity contribution is -0.153. The van der Waals surface area contributed by atoms with Crippen LogP contribution in [-0.4, -0.2) is 51.1 Å². The molecule has 0 unspecified atom stereocenters. The van der Waals surface area contributed by atoms with Crippen LogP contribution >= 0.6 is 11.6 Å². The molecular weight excluding hydrogens is 368 g/mol. The standard InChI is InChI=1S/C20H23ClN2O4/c1-22(2)16-10-8-15(9-11-16)12-23(3)19(24)13-27-20(25)14-26-18-7-5-4-6-17(18)21/h4-11H,12-14H2,1-3H3. The van der Waals surface area contributed by atoms with Crippen molar-refractivity contribution in [1.29, 1.82) is 0 Å². The highest BCUT2D eigenvalue weighted by Crippen LogP contribution is 2.22. The topological polar surface area (TPSA) is 59.1 Å².